The molecular formula is C8H7ClF2O. The molecule has 1 aromatic rings. The summed E-state index contributed by atoms with van der Waals surface area (Å²) in [5.41, 5.74) is -0.198. The van der Waals surface area contributed by atoms with Crippen LogP contribution in [-0.2, 0) is 0 Å². The first kappa shape index (κ1) is 9.42. The smallest absolute Gasteiger partial charge is 0.166 e. The van der Waals surface area contributed by atoms with Crippen LogP contribution in [0.4, 0.5) is 8.78 Å². The van der Waals surface area contributed by atoms with Crippen LogP contribution >= 0.6 is 11.6 Å². The van der Waals surface area contributed by atoms with E-state index in [1.54, 1.807) is 0 Å². The number of hydrogen-bond donors (Lipinski definition) is 1. The predicted octanol–water partition coefficient (Wildman–Crippen LogP) is 2.67. The number of rotatable bonds is 1. The molecule has 0 fully saturated rings. The Morgan fingerprint density at radius 2 is 2.00 bits per heavy atom. The minimum absolute atomic E-state index is 0.0314. The van der Waals surface area contributed by atoms with Crippen LogP contribution in [0.5, 0.6) is 0 Å². The SMILES string of the molecule is CC(O)c1c(Cl)ccc(F)c1F. The molecule has 1 nitrogen and oxygen atoms in total. The van der Waals surface area contributed by atoms with E-state index in [1.165, 1.54) is 13.0 Å². The Morgan fingerprint density at radius 1 is 1.42 bits per heavy atom. The van der Waals surface area contributed by atoms with Crippen LogP contribution in [0.1, 0.15) is 18.6 Å². The van der Waals surface area contributed by atoms with Gasteiger partial charge in [0.15, 0.2) is 11.6 Å². The van der Waals surface area contributed by atoms with Crippen LogP contribution in [0.15, 0.2) is 12.1 Å². The van der Waals surface area contributed by atoms with Gasteiger partial charge in [-0.3, -0.25) is 0 Å². The van der Waals surface area contributed by atoms with Crippen LogP contribution in [0.3, 0.4) is 0 Å². The number of halogens is 3. The van der Waals surface area contributed by atoms with E-state index >= 15 is 0 Å². The Morgan fingerprint density at radius 3 is 2.42 bits per heavy atom. The van der Waals surface area contributed by atoms with Crippen molar-refractivity contribution in [1.29, 1.82) is 0 Å². The summed E-state index contributed by atoms with van der Waals surface area (Å²) in [6.45, 7) is 1.32. The fraction of sp³-hybridized carbons (Fsp3) is 0.250. The van der Waals surface area contributed by atoms with Crippen molar-refractivity contribution in [3.63, 3.8) is 0 Å². The average molecular weight is 193 g/mol. The molecule has 0 aliphatic heterocycles. The third-order valence-electron chi connectivity index (χ3n) is 1.50. The van der Waals surface area contributed by atoms with Gasteiger partial charge in [0.05, 0.1) is 6.10 Å². The van der Waals surface area contributed by atoms with Gasteiger partial charge >= 0.3 is 0 Å². The fourth-order valence-electron chi connectivity index (χ4n) is 0.926. The molecule has 1 unspecified atom stereocenters. The Kier molecular flexibility index (Phi) is 2.65. The zero-order valence-corrected chi connectivity index (χ0v) is 7.07. The summed E-state index contributed by atoms with van der Waals surface area (Å²) in [6, 6.07) is 2.13. The van der Waals surface area contributed by atoms with E-state index in [-0.39, 0.29) is 10.6 Å². The van der Waals surface area contributed by atoms with Gasteiger partial charge in [-0.1, -0.05) is 11.6 Å². The van der Waals surface area contributed by atoms with Crippen molar-refractivity contribution < 1.29 is 13.9 Å². The highest BCUT2D eigenvalue weighted by molar-refractivity contribution is 6.31. The summed E-state index contributed by atoms with van der Waals surface area (Å²) in [5, 5.41) is 9.05. The van der Waals surface area contributed by atoms with E-state index in [1.807, 2.05) is 0 Å². The Labute approximate surface area is 73.6 Å². The molecule has 0 saturated heterocycles. The summed E-state index contributed by atoms with van der Waals surface area (Å²) >= 11 is 5.53. The first-order valence-corrected chi connectivity index (χ1v) is 3.73. The maximum absolute atomic E-state index is 12.9. The summed E-state index contributed by atoms with van der Waals surface area (Å²) in [4.78, 5) is 0. The highest BCUT2D eigenvalue weighted by Crippen LogP contribution is 2.26. The highest BCUT2D eigenvalue weighted by atomic mass is 35.5. The zero-order valence-electron chi connectivity index (χ0n) is 6.31. The molecule has 12 heavy (non-hydrogen) atoms. The molecule has 1 atom stereocenters. The number of aliphatic hydroxyl groups is 1. The lowest BCUT2D eigenvalue weighted by atomic mass is 10.1. The number of benzene rings is 1. The zero-order chi connectivity index (χ0) is 9.30. The molecule has 0 spiro atoms. The number of aliphatic hydroxyl groups excluding tert-OH is 1. The lowest BCUT2D eigenvalue weighted by molar-refractivity contribution is 0.193. The molecule has 0 aromatic heterocycles. The van der Waals surface area contributed by atoms with Gasteiger partial charge in [-0.15, -0.1) is 0 Å². The maximum atomic E-state index is 12.9. The molecule has 0 bridgehead atoms. The van der Waals surface area contributed by atoms with Gasteiger partial charge in [-0.2, -0.15) is 0 Å². The van der Waals surface area contributed by atoms with Crippen molar-refractivity contribution in [2.24, 2.45) is 0 Å². The highest BCUT2D eigenvalue weighted by Gasteiger charge is 2.15. The fourth-order valence-corrected chi connectivity index (χ4v) is 1.23. The molecule has 66 valence electrons. The minimum Gasteiger partial charge on any atom is -0.389 e. The van der Waals surface area contributed by atoms with E-state index in [4.69, 9.17) is 16.7 Å². The molecule has 0 heterocycles. The predicted molar refractivity (Wildman–Crippen MR) is 42.0 cm³/mol. The van der Waals surface area contributed by atoms with Gasteiger partial charge in [-0.05, 0) is 19.1 Å². The van der Waals surface area contributed by atoms with Crippen LogP contribution in [0, 0.1) is 11.6 Å². The Bertz CT molecular complexity index is 299. The van der Waals surface area contributed by atoms with E-state index in [0.717, 1.165) is 6.07 Å². The second-order valence-corrected chi connectivity index (χ2v) is 2.84. The molecule has 4 heteroatoms. The number of hydrogen-bond acceptors (Lipinski definition) is 1. The van der Waals surface area contributed by atoms with Gasteiger partial charge in [0.25, 0.3) is 0 Å². The van der Waals surface area contributed by atoms with Crippen molar-refractivity contribution in [2.75, 3.05) is 0 Å². The molecular weight excluding hydrogens is 186 g/mol. The monoisotopic (exact) mass is 192 g/mol. The van der Waals surface area contributed by atoms with E-state index in [0.29, 0.717) is 0 Å². The van der Waals surface area contributed by atoms with Crippen molar-refractivity contribution in [2.45, 2.75) is 13.0 Å². The lowest BCUT2D eigenvalue weighted by Gasteiger charge is -2.08. The van der Waals surface area contributed by atoms with Crippen molar-refractivity contribution in [3.8, 4) is 0 Å². The van der Waals surface area contributed by atoms with Crippen LogP contribution in [0.2, 0.25) is 5.02 Å². The lowest BCUT2D eigenvalue weighted by Crippen LogP contribution is -1.99. The molecule has 1 aromatic carbocycles. The van der Waals surface area contributed by atoms with E-state index in [9.17, 15) is 8.78 Å². The van der Waals surface area contributed by atoms with Gasteiger partial charge in [0.1, 0.15) is 0 Å². The standard InChI is InChI=1S/C8H7ClF2O/c1-4(12)7-5(9)2-3-6(10)8(7)11/h2-4,12H,1H3. The van der Waals surface area contributed by atoms with Crippen molar-refractivity contribution >= 4 is 11.6 Å². The second-order valence-electron chi connectivity index (χ2n) is 2.43. The Balaban J connectivity index is 3.33. The summed E-state index contributed by atoms with van der Waals surface area (Å²) in [7, 11) is 0. The van der Waals surface area contributed by atoms with Crippen molar-refractivity contribution in [3.05, 3.63) is 34.4 Å². The van der Waals surface area contributed by atoms with Gasteiger partial charge in [0.2, 0.25) is 0 Å². The van der Waals surface area contributed by atoms with Gasteiger partial charge < -0.3 is 5.11 Å². The normalized spacial score (nSPS) is 13.1. The van der Waals surface area contributed by atoms with Gasteiger partial charge in [-0.25, -0.2) is 8.78 Å². The largest absolute Gasteiger partial charge is 0.389 e. The average Bonchev–Trinajstić information content (AvgIpc) is 1.97. The molecule has 0 amide bonds. The first-order valence-electron chi connectivity index (χ1n) is 3.35. The van der Waals surface area contributed by atoms with E-state index in [2.05, 4.69) is 0 Å². The second kappa shape index (κ2) is 3.37. The van der Waals surface area contributed by atoms with Gasteiger partial charge in [0, 0.05) is 10.6 Å². The molecule has 1 rings (SSSR count). The van der Waals surface area contributed by atoms with Crippen molar-refractivity contribution in [1.82, 2.24) is 0 Å². The molecule has 1 N–H and O–H groups in total. The summed E-state index contributed by atoms with van der Waals surface area (Å²) in [6.07, 6.45) is -1.10. The van der Waals surface area contributed by atoms with Crippen LogP contribution < -0.4 is 0 Å². The third kappa shape index (κ3) is 1.57. The first-order chi connectivity index (χ1) is 5.54. The Hall–Kier alpha value is -0.670. The quantitative estimate of drug-likeness (QED) is 0.679. The minimum atomic E-state index is -1.10. The third-order valence-corrected chi connectivity index (χ3v) is 1.83. The van der Waals surface area contributed by atoms with E-state index < -0.39 is 17.7 Å². The van der Waals surface area contributed by atoms with Crippen LogP contribution in [-0.4, -0.2) is 5.11 Å². The summed E-state index contributed by atoms with van der Waals surface area (Å²) in [5.74, 6) is -2.09. The van der Waals surface area contributed by atoms with Crippen LogP contribution in [0.25, 0.3) is 0 Å². The summed E-state index contributed by atoms with van der Waals surface area (Å²) < 4.78 is 25.5. The molecule has 0 radical (unpaired) electrons. The molecule has 0 aliphatic carbocycles. The molecule has 0 saturated carbocycles. The maximum Gasteiger partial charge on any atom is 0.166 e. The topological polar surface area (TPSA) is 20.2 Å². The molecule has 0 aliphatic rings.